The van der Waals surface area contributed by atoms with Crippen LogP contribution in [0.3, 0.4) is 0 Å². The minimum absolute atomic E-state index is 0.0241. The van der Waals surface area contributed by atoms with Gasteiger partial charge in [-0.1, -0.05) is 6.92 Å². The highest BCUT2D eigenvalue weighted by Gasteiger charge is 2.66. The van der Waals surface area contributed by atoms with E-state index in [2.05, 4.69) is 0 Å². The average Bonchev–Trinajstić information content (AvgIpc) is 3.16. The van der Waals surface area contributed by atoms with Crippen LogP contribution in [-0.4, -0.2) is 36.2 Å². The first-order valence-electron chi connectivity index (χ1n) is 9.16. The van der Waals surface area contributed by atoms with E-state index in [1.807, 2.05) is 20.8 Å². The number of rotatable bonds is 5. The van der Waals surface area contributed by atoms with E-state index in [9.17, 15) is 14.4 Å². The second-order valence-corrected chi connectivity index (χ2v) is 8.81. The fourth-order valence-electron chi connectivity index (χ4n) is 4.82. The Bertz CT molecular complexity index is 593. The van der Waals surface area contributed by atoms with Gasteiger partial charge in [0.15, 0.2) is 6.61 Å². The molecule has 2 saturated carbocycles. The van der Waals surface area contributed by atoms with Crippen LogP contribution in [0.25, 0.3) is 0 Å². The summed E-state index contributed by atoms with van der Waals surface area (Å²) in [5.74, 6) is -0.705. The van der Waals surface area contributed by atoms with E-state index in [0.717, 1.165) is 12.8 Å². The molecule has 6 nitrogen and oxygen atoms in total. The SMILES string of the molecule is CCC(C)(C)C(=O)OCC(=O)OC1CC2CC1C1C(=O)OC(C)(C)C21. The molecule has 3 fully saturated rings. The van der Waals surface area contributed by atoms with E-state index in [0.29, 0.717) is 12.3 Å². The molecule has 1 heterocycles. The molecule has 3 rings (SSSR count). The van der Waals surface area contributed by atoms with Crippen LogP contribution in [0.15, 0.2) is 0 Å². The van der Waals surface area contributed by atoms with E-state index in [1.165, 1.54) is 0 Å². The van der Waals surface area contributed by atoms with Gasteiger partial charge in [0.1, 0.15) is 11.7 Å². The summed E-state index contributed by atoms with van der Waals surface area (Å²) >= 11 is 0. The maximum absolute atomic E-state index is 12.2. The fourth-order valence-corrected chi connectivity index (χ4v) is 4.82. The lowest BCUT2D eigenvalue weighted by Gasteiger charge is -2.33. The molecule has 6 heteroatoms. The molecule has 5 unspecified atom stereocenters. The normalized spacial score (nSPS) is 35.2. The van der Waals surface area contributed by atoms with Crippen LogP contribution >= 0.6 is 0 Å². The van der Waals surface area contributed by atoms with Crippen molar-refractivity contribution < 1.29 is 28.6 Å². The quantitative estimate of drug-likeness (QED) is 0.559. The van der Waals surface area contributed by atoms with Crippen molar-refractivity contribution in [2.75, 3.05) is 6.61 Å². The molecule has 2 aliphatic carbocycles. The third-order valence-corrected chi connectivity index (χ3v) is 6.42. The first kappa shape index (κ1) is 18.2. The maximum atomic E-state index is 12.2. The van der Waals surface area contributed by atoms with Crippen molar-refractivity contribution in [2.45, 2.75) is 65.6 Å². The summed E-state index contributed by atoms with van der Waals surface area (Å²) in [6, 6.07) is 0. The highest BCUT2D eigenvalue weighted by Crippen LogP contribution is 2.60. The summed E-state index contributed by atoms with van der Waals surface area (Å²) in [5.41, 5.74) is -1.05. The predicted octanol–water partition coefficient (Wildman–Crippen LogP) is 2.49. The van der Waals surface area contributed by atoms with Crippen LogP contribution in [0.5, 0.6) is 0 Å². The molecule has 1 aliphatic heterocycles. The summed E-state index contributed by atoms with van der Waals surface area (Å²) in [7, 11) is 0. The lowest BCUT2D eigenvalue weighted by Crippen LogP contribution is -2.40. The zero-order valence-electron chi connectivity index (χ0n) is 15.7. The van der Waals surface area contributed by atoms with E-state index >= 15 is 0 Å². The minimum Gasteiger partial charge on any atom is -0.460 e. The highest BCUT2D eigenvalue weighted by atomic mass is 16.6. The molecule has 0 aromatic heterocycles. The first-order valence-corrected chi connectivity index (χ1v) is 9.16. The average molecular weight is 352 g/mol. The summed E-state index contributed by atoms with van der Waals surface area (Å²) in [6.45, 7) is 9.01. The molecular formula is C19H28O6. The van der Waals surface area contributed by atoms with Gasteiger partial charge in [-0.05, 0) is 52.9 Å². The van der Waals surface area contributed by atoms with Crippen LogP contribution in [0, 0.1) is 29.1 Å². The summed E-state index contributed by atoms with van der Waals surface area (Å²) in [6.07, 6.45) is 2.01. The molecule has 25 heavy (non-hydrogen) atoms. The zero-order chi connectivity index (χ0) is 18.6. The predicted molar refractivity (Wildman–Crippen MR) is 88.3 cm³/mol. The van der Waals surface area contributed by atoms with Gasteiger partial charge in [0.25, 0.3) is 0 Å². The summed E-state index contributed by atoms with van der Waals surface area (Å²) in [5, 5.41) is 0. The largest absolute Gasteiger partial charge is 0.460 e. The van der Waals surface area contributed by atoms with Gasteiger partial charge >= 0.3 is 17.9 Å². The number of hydrogen-bond acceptors (Lipinski definition) is 6. The van der Waals surface area contributed by atoms with Gasteiger partial charge in [-0.25, -0.2) is 4.79 Å². The topological polar surface area (TPSA) is 78.9 Å². The van der Waals surface area contributed by atoms with Crippen molar-refractivity contribution in [3.63, 3.8) is 0 Å². The van der Waals surface area contributed by atoms with Crippen LogP contribution in [0.4, 0.5) is 0 Å². The standard InChI is InChI=1S/C19H28O6/c1-6-18(2,3)17(22)23-9-13(20)24-12-8-10-7-11(12)14-15(10)19(4,5)25-16(14)21/h10-12,14-15H,6-9H2,1-5H3. The molecule has 5 atom stereocenters. The molecule has 0 aromatic rings. The summed E-state index contributed by atoms with van der Waals surface area (Å²) in [4.78, 5) is 36.2. The van der Waals surface area contributed by atoms with Crippen LogP contribution in [-0.2, 0) is 28.6 Å². The van der Waals surface area contributed by atoms with Gasteiger partial charge in [0, 0.05) is 11.8 Å². The van der Waals surface area contributed by atoms with E-state index in [-0.39, 0.29) is 36.4 Å². The molecule has 0 radical (unpaired) electrons. The molecule has 2 bridgehead atoms. The number of hydrogen-bond donors (Lipinski definition) is 0. The Labute approximate surface area is 148 Å². The second kappa shape index (κ2) is 5.99. The van der Waals surface area contributed by atoms with Crippen molar-refractivity contribution >= 4 is 17.9 Å². The monoisotopic (exact) mass is 352 g/mol. The number of carbonyl (C=O) groups excluding carboxylic acids is 3. The van der Waals surface area contributed by atoms with Crippen LogP contribution in [0.1, 0.15) is 53.9 Å². The smallest absolute Gasteiger partial charge is 0.344 e. The Kier molecular flexibility index (Phi) is 4.36. The summed E-state index contributed by atoms with van der Waals surface area (Å²) < 4.78 is 16.2. The Hall–Kier alpha value is -1.59. The van der Waals surface area contributed by atoms with Gasteiger partial charge in [-0.2, -0.15) is 0 Å². The van der Waals surface area contributed by atoms with Crippen LogP contribution < -0.4 is 0 Å². The number of carbonyl (C=O) groups is 3. The second-order valence-electron chi connectivity index (χ2n) is 8.81. The Balaban J connectivity index is 1.55. The van der Waals surface area contributed by atoms with Crippen molar-refractivity contribution in [1.82, 2.24) is 0 Å². The number of fused-ring (bicyclic) bond motifs is 5. The highest BCUT2D eigenvalue weighted by molar-refractivity contribution is 5.80. The Morgan fingerprint density at radius 1 is 1.28 bits per heavy atom. The number of cyclic esters (lactones) is 1. The van der Waals surface area contributed by atoms with E-state index in [1.54, 1.807) is 13.8 Å². The van der Waals surface area contributed by atoms with E-state index in [4.69, 9.17) is 14.2 Å². The minimum atomic E-state index is -0.612. The lowest BCUT2D eigenvalue weighted by molar-refractivity contribution is -0.169. The molecule has 1 saturated heterocycles. The zero-order valence-corrected chi connectivity index (χ0v) is 15.7. The molecule has 0 aromatic carbocycles. The molecule has 140 valence electrons. The van der Waals surface area contributed by atoms with Gasteiger partial charge < -0.3 is 14.2 Å². The molecule has 0 N–H and O–H groups in total. The Morgan fingerprint density at radius 3 is 2.60 bits per heavy atom. The van der Waals surface area contributed by atoms with Crippen molar-refractivity contribution in [1.29, 1.82) is 0 Å². The first-order chi connectivity index (χ1) is 11.6. The number of esters is 3. The van der Waals surface area contributed by atoms with Gasteiger partial charge in [0.05, 0.1) is 11.3 Å². The van der Waals surface area contributed by atoms with Gasteiger partial charge in [-0.15, -0.1) is 0 Å². The third kappa shape index (κ3) is 3.04. The van der Waals surface area contributed by atoms with Crippen LogP contribution in [0.2, 0.25) is 0 Å². The van der Waals surface area contributed by atoms with Gasteiger partial charge in [0.2, 0.25) is 0 Å². The molecular weight excluding hydrogens is 324 g/mol. The fraction of sp³-hybridized carbons (Fsp3) is 0.842. The third-order valence-electron chi connectivity index (χ3n) is 6.42. The molecule has 0 spiro atoms. The lowest BCUT2D eigenvalue weighted by atomic mass is 9.72. The van der Waals surface area contributed by atoms with Crippen molar-refractivity contribution in [3.05, 3.63) is 0 Å². The Morgan fingerprint density at radius 2 is 1.96 bits per heavy atom. The van der Waals surface area contributed by atoms with Crippen molar-refractivity contribution in [3.8, 4) is 0 Å². The van der Waals surface area contributed by atoms with Crippen molar-refractivity contribution in [2.24, 2.45) is 29.1 Å². The molecule has 0 amide bonds. The molecule has 3 aliphatic rings. The number of ether oxygens (including phenoxy) is 3. The van der Waals surface area contributed by atoms with E-state index < -0.39 is 23.0 Å². The van der Waals surface area contributed by atoms with Gasteiger partial charge in [-0.3, -0.25) is 9.59 Å². The maximum Gasteiger partial charge on any atom is 0.344 e.